The molecule has 5 nitrogen and oxygen atoms in total. The maximum atomic E-state index is 12.3. The van der Waals surface area contributed by atoms with E-state index in [0.29, 0.717) is 18.8 Å². The van der Waals surface area contributed by atoms with Gasteiger partial charge in [-0.2, -0.15) is 0 Å². The fourth-order valence-electron chi connectivity index (χ4n) is 4.22. The molecule has 1 saturated heterocycles. The fraction of sp³-hybridized carbons (Fsp3) is 0.320. The van der Waals surface area contributed by atoms with Gasteiger partial charge in [0.25, 0.3) is 0 Å². The molecule has 0 aliphatic carbocycles. The van der Waals surface area contributed by atoms with Gasteiger partial charge in [-0.3, -0.25) is 0 Å². The zero-order chi connectivity index (χ0) is 21.1. The lowest BCUT2D eigenvalue weighted by Crippen LogP contribution is -2.26. The van der Waals surface area contributed by atoms with E-state index >= 15 is 0 Å². The molecule has 30 heavy (non-hydrogen) atoms. The third-order valence-corrected chi connectivity index (χ3v) is 5.78. The minimum atomic E-state index is -0.902. The molecule has 1 aliphatic heterocycles. The molecule has 3 aromatic rings. The highest BCUT2D eigenvalue weighted by molar-refractivity contribution is 5.98. The molecular weight excluding hydrogens is 376 g/mol. The first-order chi connectivity index (χ1) is 14.6. The lowest BCUT2D eigenvalue weighted by molar-refractivity contribution is 0.0684. The lowest BCUT2D eigenvalue weighted by Gasteiger charge is -2.12. The summed E-state index contributed by atoms with van der Waals surface area (Å²) in [4.78, 5) is 12.3. The third-order valence-electron chi connectivity index (χ3n) is 5.78. The van der Waals surface area contributed by atoms with E-state index in [-0.39, 0.29) is 6.10 Å². The van der Waals surface area contributed by atoms with E-state index in [9.17, 15) is 9.90 Å². The zero-order valence-electron chi connectivity index (χ0n) is 17.4. The van der Waals surface area contributed by atoms with E-state index in [1.54, 1.807) is 6.08 Å². The van der Waals surface area contributed by atoms with Crippen LogP contribution in [0.2, 0.25) is 0 Å². The van der Waals surface area contributed by atoms with E-state index in [2.05, 4.69) is 18.0 Å². The molecule has 1 aliphatic rings. The minimum absolute atomic E-state index is 0.220. The topological polar surface area (TPSA) is 63.5 Å². The second-order valence-electron chi connectivity index (χ2n) is 7.95. The quantitative estimate of drug-likeness (QED) is 0.576. The molecule has 5 heteroatoms. The molecule has 2 N–H and O–H groups in total. The molecule has 0 saturated carbocycles. The molecule has 0 radical (unpaired) electrons. The Morgan fingerprint density at radius 3 is 2.77 bits per heavy atom. The summed E-state index contributed by atoms with van der Waals surface area (Å²) in [6.45, 7) is 8.39. The Hall–Kier alpha value is -2.89. The summed E-state index contributed by atoms with van der Waals surface area (Å²) >= 11 is 0. The van der Waals surface area contributed by atoms with Crippen molar-refractivity contribution in [3.8, 4) is 0 Å². The van der Waals surface area contributed by atoms with E-state index in [0.717, 1.165) is 59.2 Å². The van der Waals surface area contributed by atoms with Crippen LogP contribution in [-0.4, -0.2) is 34.9 Å². The molecule has 1 atom stereocenters. The van der Waals surface area contributed by atoms with Gasteiger partial charge in [-0.1, -0.05) is 49.1 Å². The Kier molecular flexibility index (Phi) is 6.02. The highest BCUT2D eigenvalue weighted by Crippen LogP contribution is 2.29. The maximum absolute atomic E-state index is 12.3. The van der Waals surface area contributed by atoms with Crippen molar-refractivity contribution >= 4 is 22.9 Å². The Bertz CT molecular complexity index is 1060. The van der Waals surface area contributed by atoms with Crippen molar-refractivity contribution in [2.45, 2.75) is 39.0 Å². The number of nitrogens with one attached hydrogen (secondary N) is 1. The van der Waals surface area contributed by atoms with Gasteiger partial charge in [0.2, 0.25) is 0 Å². The largest absolute Gasteiger partial charge is 0.477 e. The van der Waals surface area contributed by atoms with Crippen LogP contribution >= 0.6 is 0 Å². The van der Waals surface area contributed by atoms with Gasteiger partial charge in [0, 0.05) is 42.7 Å². The molecule has 2 heterocycles. The van der Waals surface area contributed by atoms with Crippen LogP contribution in [0.1, 0.15) is 45.6 Å². The van der Waals surface area contributed by atoms with Crippen molar-refractivity contribution < 1.29 is 14.6 Å². The summed E-state index contributed by atoms with van der Waals surface area (Å²) in [5.41, 5.74) is 5.35. The standard InChI is InChI=1S/C25H28N2O3/c1-3-18-7-9-19(10-8-18)16-27-23-13-17(2)6-11-21(23)22(24(27)25(28)29)15-26-14-20-5-4-12-30-20/h3,6-11,13,20,26H,1,4-5,12,14-16H2,2H3,(H,28,29)/t20-/m0/s1. The number of aromatic nitrogens is 1. The van der Waals surface area contributed by atoms with Gasteiger partial charge in [0.05, 0.1) is 6.10 Å². The second-order valence-corrected chi connectivity index (χ2v) is 7.95. The van der Waals surface area contributed by atoms with Gasteiger partial charge in [0.15, 0.2) is 0 Å². The van der Waals surface area contributed by atoms with Crippen molar-refractivity contribution in [1.29, 1.82) is 0 Å². The maximum Gasteiger partial charge on any atom is 0.352 e. The monoisotopic (exact) mass is 404 g/mol. The van der Waals surface area contributed by atoms with Gasteiger partial charge < -0.3 is 19.7 Å². The predicted octanol–water partition coefficient (Wildman–Crippen LogP) is 4.61. The van der Waals surface area contributed by atoms with E-state index < -0.39 is 5.97 Å². The van der Waals surface area contributed by atoms with Crippen LogP contribution in [-0.2, 0) is 17.8 Å². The van der Waals surface area contributed by atoms with E-state index in [4.69, 9.17) is 4.74 Å². The Morgan fingerprint density at radius 1 is 1.30 bits per heavy atom. The molecule has 156 valence electrons. The van der Waals surface area contributed by atoms with Crippen LogP contribution in [0.25, 0.3) is 17.0 Å². The van der Waals surface area contributed by atoms with Crippen LogP contribution in [0, 0.1) is 6.92 Å². The number of aromatic carboxylic acids is 1. The normalized spacial score (nSPS) is 16.2. The average Bonchev–Trinajstić information content (AvgIpc) is 3.35. The Labute approximate surface area is 177 Å². The SMILES string of the molecule is C=Cc1ccc(Cn2c(C(=O)O)c(CNC[C@@H]3CCCO3)c3ccc(C)cc32)cc1. The number of carbonyl (C=O) groups is 1. The number of hydrogen-bond acceptors (Lipinski definition) is 3. The number of aryl methyl sites for hydroxylation is 1. The summed E-state index contributed by atoms with van der Waals surface area (Å²) in [7, 11) is 0. The number of rotatable bonds is 8. The van der Waals surface area contributed by atoms with E-state index in [1.807, 2.05) is 47.9 Å². The molecule has 1 fully saturated rings. The molecule has 0 bridgehead atoms. The molecule has 0 spiro atoms. The molecule has 4 rings (SSSR count). The van der Waals surface area contributed by atoms with Crippen LogP contribution in [0.15, 0.2) is 49.0 Å². The predicted molar refractivity (Wildman–Crippen MR) is 120 cm³/mol. The fourth-order valence-corrected chi connectivity index (χ4v) is 4.22. The van der Waals surface area contributed by atoms with Crippen LogP contribution in [0.4, 0.5) is 0 Å². The number of carboxylic acid groups (broad SMARTS) is 1. The van der Waals surface area contributed by atoms with Crippen LogP contribution in [0.5, 0.6) is 0 Å². The van der Waals surface area contributed by atoms with Crippen LogP contribution in [0.3, 0.4) is 0 Å². The number of nitrogens with zero attached hydrogens (tertiary/aromatic N) is 1. The van der Waals surface area contributed by atoms with Gasteiger partial charge >= 0.3 is 5.97 Å². The first-order valence-corrected chi connectivity index (χ1v) is 10.5. The molecule has 0 amide bonds. The van der Waals surface area contributed by atoms with Gasteiger partial charge in [-0.25, -0.2) is 4.79 Å². The second kappa shape index (κ2) is 8.86. The van der Waals surface area contributed by atoms with Crippen molar-refractivity contribution in [2.75, 3.05) is 13.2 Å². The summed E-state index contributed by atoms with van der Waals surface area (Å²) in [6, 6.07) is 14.2. The van der Waals surface area contributed by atoms with Gasteiger partial charge in [0.1, 0.15) is 5.69 Å². The first-order valence-electron chi connectivity index (χ1n) is 10.5. The number of fused-ring (bicyclic) bond motifs is 1. The number of benzene rings is 2. The van der Waals surface area contributed by atoms with Crippen molar-refractivity contribution in [2.24, 2.45) is 0 Å². The van der Waals surface area contributed by atoms with Gasteiger partial charge in [-0.05, 0) is 42.5 Å². The summed E-state index contributed by atoms with van der Waals surface area (Å²) in [5, 5.41) is 14.5. The molecular formula is C25H28N2O3. The smallest absolute Gasteiger partial charge is 0.352 e. The van der Waals surface area contributed by atoms with Crippen molar-refractivity contribution in [3.05, 3.63) is 77.0 Å². The summed E-state index contributed by atoms with van der Waals surface area (Å²) < 4.78 is 7.61. The first kappa shape index (κ1) is 20.4. The highest BCUT2D eigenvalue weighted by atomic mass is 16.5. The summed E-state index contributed by atoms with van der Waals surface area (Å²) in [6.07, 6.45) is 4.17. The zero-order valence-corrected chi connectivity index (χ0v) is 17.4. The number of ether oxygens (including phenoxy) is 1. The Balaban J connectivity index is 1.71. The average molecular weight is 405 g/mol. The van der Waals surface area contributed by atoms with Crippen molar-refractivity contribution in [1.82, 2.24) is 9.88 Å². The Morgan fingerprint density at radius 2 is 2.10 bits per heavy atom. The minimum Gasteiger partial charge on any atom is -0.477 e. The van der Waals surface area contributed by atoms with Crippen molar-refractivity contribution in [3.63, 3.8) is 0 Å². The number of hydrogen-bond donors (Lipinski definition) is 2. The molecule has 0 unspecified atom stereocenters. The molecule has 2 aromatic carbocycles. The van der Waals surface area contributed by atoms with Gasteiger partial charge in [-0.15, -0.1) is 0 Å². The highest BCUT2D eigenvalue weighted by Gasteiger charge is 2.23. The lowest BCUT2D eigenvalue weighted by atomic mass is 10.1. The summed E-state index contributed by atoms with van der Waals surface area (Å²) in [5.74, 6) is -0.902. The third kappa shape index (κ3) is 4.18. The molecule has 1 aromatic heterocycles. The number of carboxylic acids is 1. The van der Waals surface area contributed by atoms with E-state index in [1.165, 1.54) is 0 Å². The van der Waals surface area contributed by atoms with Crippen LogP contribution < -0.4 is 5.32 Å².